The number of nitrogens with zero attached hydrogens (tertiary/aromatic N) is 1. The van der Waals surface area contributed by atoms with Gasteiger partial charge >= 0.3 is 6.03 Å². The van der Waals surface area contributed by atoms with Gasteiger partial charge < -0.3 is 5.73 Å². The minimum Gasteiger partial charge on any atom is -0.351 e. The molecule has 106 valence electrons. The summed E-state index contributed by atoms with van der Waals surface area (Å²) in [6, 6.07) is 6.72. The van der Waals surface area contributed by atoms with Gasteiger partial charge in [-0.05, 0) is 31.4 Å². The molecule has 0 aliphatic carbocycles. The van der Waals surface area contributed by atoms with E-state index < -0.39 is 16.1 Å². The molecule has 6 nitrogen and oxygen atoms in total. The summed E-state index contributed by atoms with van der Waals surface area (Å²) in [5, 5.41) is 0. The summed E-state index contributed by atoms with van der Waals surface area (Å²) in [6.07, 6.45) is 0.714. The Kier molecular flexibility index (Phi) is 5.31. The fourth-order valence-corrected chi connectivity index (χ4v) is 2.34. The van der Waals surface area contributed by atoms with Gasteiger partial charge in [-0.15, -0.1) is 0 Å². The number of aryl methyl sites for hydroxylation is 1. The van der Waals surface area contributed by atoms with Crippen LogP contribution in [0.15, 0.2) is 24.3 Å². The lowest BCUT2D eigenvalue weighted by molar-refractivity contribution is 0.254. The van der Waals surface area contributed by atoms with Crippen LogP contribution in [0, 0.1) is 6.92 Å². The van der Waals surface area contributed by atoms with Crippen LogP contribution in [0.25, 0.3) is 0 Å². The summed E-state index contributed by atoms with van der Waals surface area (Å²) in [5.41, 5.74) is 6.95. The molecule has 1 aromatic rings. The monoisotopic (exact) mass is 286 g/mol. The number of rotatable bonds is 6. The van der Waals surface area contributed by atoms with E-state index in [0.29, 0.717) is 18.7 Å². The van der Waals surface area contributed by atoms with Gasteiger partial charge in [-0.25, -0.2) is 4.79 Å². The van der Waals surface area contributed by atoms with Crippen molar-refractivity contribution in [2.45, 2.75) is 19.8 Å². The topological polar surface area (TPSA) is 101 Å². The molecule has 0 spiro atoms. The third-order valence-electron chi connectivity index (χ3n) is 2.71. The third-order valence-corrected chi connectivity index (χ3v) is 3.51. The molecule has 0 aliphatic heterocycles. The normalized spacial score (nSPS) is 11.3. The smallest absolute Gasteiger partial charge is 0.319 e. The van der Waals surface area contributed by atoms with E-state index in [9.17, 15) is 13.2 Å². The Hall–Kier alpha value is -1.60. The van der Waals surface area contributed by atoms with E-state index in [1.807, 2.05) is 19.1 Å². The van der Waals surface area contributed by atoms with Crippen LogP contribution in [0.4, 0.5) is 10.5 Å². The van der Waals surface area contributed by atoms with Crippen molar-refractivity contribution < 1.29 is 17.8 Å². The number of benzene rings is 1. The molecule has 0 aromatic heterocycles. The average molecular weight is 286 g/mol. The molecule has 0 atom stereocenters. The Balaban J connectivity index is 2.65. The molecule has 0 saturated heterocycles. The largest absolute Gasteiger partial charge is 0.351 e. The lowest BCUT2D eigenvalue weighted by atomic mass is 10.1. The number of primary amides is 1. The standard InChI is InChI=1S/C12H18N2O4S/c1-10-6-2-3-7-11(10)14(12(13)15)8-4-5-9-19(16,17)18/h2-3,6-7H,4-5,8-9H2,1H3,(H2,13,15)(H,16,17,18). The Morgan fingerprint density at radius 2 is 1.95 bits per heavy atom. The highest BCUT2D eigenvalue weighted by molar-refractivity contribution is 7.85. The zero-order valence-corrected chi connectivity index (χ0v) is 11.6. The van der Waals surface area contributed by atoms with Gasteiger partial charge in [-0.2, -0.15) is 8.42 Å². The van der Waals surface area contributed by atoms with Gasteiger partial charge in [-0.1, -0.05) is 18.2 Å². The van der Waals surface area contributed by atoms with Crippen LogP contribution >= 0.6 is 0 Å². The summed E-state index contributed by atoms with van der Waals surface area (Å²) in [6.45, 7) is 2.18. The van der Waals surface area contributed by atoms with Crippen molar-refractivity contribution in [3.05, 3.63) is 29.8 Å². The predicted octanol–water partition coefficient (Wildman–Crippen LogP) is 1.55. The molecule has 0 fully saturated rings. The number of carbonyl (C=O) groups is 1. The molecule has 3 N–H and O–H groups in total. The first-order chi connectivity index (χ1) is 8.81. The molecule has 19 heavy (non-hydrogen) atoms. The number of carbonyl (C=O) groups excluding carboxylic acids is 1. The first-order valence-corrected chi connectivity index (χ1v) is 7.50. The molecule has 0 heterocycles. The fraction of sp³-hybridized carbons (Fsp3) is 0.417. The van der Waals surface area contributed by atoms with Gasteiger partial charge in [0.05, 0.1) is 5.75 Å². The first-order valence-electron chi connectivity index (χ1n) is 5.89. The van der Waals surface area contributed by atoms with Crippen LogP contribution in [0.1, 0.15) is 18.4 Å². The maximum Gasteiger partial charge on any atom is 0.319 e. The number of unbranched alkanes of at least 4 members (excludes halogenated alkanes) is 1. The molecular weight excluding hydrogens is 268 g/mol. The lowest BCUT2D eigenvalue weighted by Gasteiger charge is -2.22. The predicted molar refractivity (Wildman–Crippen MR) is 73.8 cm³/mol. The highest BCUT2D eigenvalue weighted by Gasteiger charge is 2.14. The lowest BCUT2D eigenvalue weighted by Crippen LogP contribution is -2.37. The molecule has 1 rings (SSSR count). The molecule has 0 radical (unpaired) electrons. The number of hydrogen-bond donors (Lipinski definition) is 2. The first kappa shape index (κ1) is 15.5. The van der Waals surface area contributed by atoms with Crippen molar-refractivity contribution in [2.24, 2.45) is 5.73 Å². The van der Waals surface area contributed by atoms with E-state index in [1.165, 1.54) is 4.90 Å². The molecule has 0 aliphatic rings. The Bertz CT molecular complexity index is 542. The SMILES string of the molecule is Cc1ccccc1N(CCCCS(=O)(=O)O)C(N)=O. The van der Waals surface area contributed by atoms with E-state index in [4.69, 9.17) is 10.3 Å². The average Bonchev–Trinajstić information content (AvgIpc) is 2.29. The van der Waals surface area contributed by atoms with Crippen molar-refractivity contribution in [3.63, 3.8) is 0 Å². The minimum absolute atomic E-state index is 0.272. The van der Waals surface area contributed by atoms with E-state index in [-0.39, 0.29) is 12.2 Å². The molecule has 7 heteroatoms. The highest BCUT2D eigenvalue weighted by Crippen LogP contribution is 2.19. The van der Waals surface area contributed by atoms with E-state index in [2.05, 4.69) is 0 Å². The van der Waals surface area contributed by atoms with Gasteiger partial charge in [0.1, 0.15) is 0 Å². The summed E-state index contributed by atoms with van der Waals surface area (Å²) in [7, 11) is -3.95. The zero-order chi connectivity index (χ0) is 14.5. The second-order valence-electron chi connectivity index (χ2n) is 4.27. The number of para-hydroxylation sites is 1. The van der Waals surface area contributed by atoms with Crippen LogP contribution < -0.4 is 10.6 Å². The van der Waals surface area contributed by atoms with Crippen molar-refractivity contribution in [3.8, 4) is 0 Å². The van der Waals surface area contributed by atoms with Crippen molar-refractivity contribution in [1.29, 1.82) is 0 Å². The quantitative estimate of drug-likeness (QED) is 0.612. The third kappa shape index (κ3) is 5.27. The molecule has 2 amide bonds. The maximum atomic E-state index is 11.4. The van der Waals surface area contributed by atoms with Gasteiger partial charge in [0.15, 0.2) is 0 Å². The van der Waals surface area contributed by atoms with Crippen molar-refractivity contribution >= 4 is 21.8 Å². The second kappa shape index (κ2) is 6.53. The molecule has 0 unspecified atom stereocenters. The zero-order valence-electron chi connectivity index (χ0n) is 10.7. The Morgan fingerprint density at radius 1 is 1.32 bits per heavy atom. The van der Waals surface area contributed by atoms with Crippen LogP contribution in [0.2, 0.25) is 0 Å². The van der Waals surface area contributed by atoms with Gasteiger partial charge in [-0.3, -0.25) is 9.45 Å². The van der Waals surface area contributed by atoms with Crippen molar-refractivity contribution in [2.75, 3.05) is 17.2 Å². The summed E-state index contributed by atoms with van der Waals surface area (Å²) < 4.78 is 29.8. The number of urea groups is 1. The number of nitrogens with two attached hydrogens (primary N) is 1. The van der Waals surface area contributed by atoms with Gasteiger partial charge in [0, 0.05) is 12.2 Å². The highest BCUT2D eigenvalue weighted by atomic mass is 32.2. The number of anilines is 1. The Morgan fingerprint density at radius 3 is 2.47 bits per heavy atom. The van der Waals surface area contributed by atoms with Crippen molar-refractivity contribution in [1.82, 2.24) is 0 Å². The van der Waals surface area contributed by atoms with Crippen LogP contribution in [0.3, 0.4) is 0 Å². The molecule has 0 saturated carbocycles. The number of hydrogen-bond acceptors (Lipinski definition) is 3. The summed E-state index contributed by atoms with van der Waals surface area (Å²) >= 11 is 0. The maximum absolute atomic E-state index is 11.4. The van der Waals surface area contributed by atoms with Gasteiger partial charge in [0.2, 0.25) is 0 Å². The summed E-state index contributed by atoms with van der Waals surface area (Å²) in [5.74, 6) is -0.312. The molecular formula is C12H18N2O4S. The van der Waals surface area contributed by atoms with Crippen LogP contribution in [0.5, 0.6) is 0 Å². The second-order valence-corrected chi connectivity index (χ2v) is 5.84. The van der Waals surface area contributed by atoms with E-state index in [0.717, 1.165) is 5.56 Å². The Labute approximate surface area is 113 Å². The van der Waals surface area contributed by atoms with Gasteiger partial charge in [0.25, 0.3) is 10.1 Å². The number of amides is 2. The summed E-state index contributed by atoms with van der Waals surface area (Å²) in [4.78, 5) is 12.8. The van der Waals surface area contributed by atoms with E-state index >= 15 is 0 Å². The molecule has 0 bridgehead atoms. The van der Waals surface area contributed by atoms with Crippen LogP contribution in [-0.2, 0) is 10.1 Å². The van der Waals surface area contributed by atoms with E-state index in [1.54, 1.807) is 12.1 Å². The van der Waals surface area contributed by atoms with Crippen LogP contribution in [-0.4, -0.2) is 31.3 Å². The minimum atomic E-state index is -3.95. The fourth-order valence-electron chi connectivity index (χ4n) is 1.77. The molecule has 1 aromatic carbocycles.